The van der Waals surface area contributed by atoms with E-state index < -0.39 is 11.5 Å². The van der Waals surface area contributed by atoms with Gasteiger partial charge in [0.25, 0.3) is 11.5 Å². The van der Waals surface area contributed by atoms with Gasteiger partial charge in [-0.05, 0) is 6.92 Å². The molecule has 1 amide bonds. The SMILES string of the molecule is C=CCONC(=O)c1cnc2scc(C)n2c1=O. The lowest BCUT2D eigenvalue weighted by Crippen LogP contribution is -2.31. The van der Waals surface area contributed by atoms with E-state index in [0.29, 0.717) is 4.96 Å². The molecule has 0 bridgehead atoms. The molecular weight excluding hydrogens is 254 g/mol. The average molecular weight is 265 g/mol. The summed E-state index contributed by atoms with van der Waals surface area (Å²) < 4.78 is 1.40. The van der Waals surface area contributed by atoms with Crippen molar-refractivity contribution in [3.63, 3.8) is 0 Å². The van der Waals surface area contributed by atoms with Crippen molar-refractivity contribution in [3.05, 3.63) is 45.8 Å². The number of carbonyl (C=O) groups is 1. The third-order valence-electron chi connectivity index (χ3n) is 2.23. The molecule has 2 aromatic heterocycles. The standard InChI is InChI=1S/C11H11N3O3S/c1-3-4-17-13-9(15)8-5-12-11-14(10(8)16)7(2)6-18-11/h3,5-6H,1,4H2,2H3,(H,13,15). The van der Waals surface area contributed by atoms with Crippen molar-refractivity contribution in [2.45, 2.75) is 6.92 Å². The molecule has 1 N–H and O–H groups in total. The van der Waals surface area contributed by atoms with Crippen LogP contribution in [0.5, 0.6) is 0 Å². The quantitative estimate of drug-likeness (QED) is 0.506. The minimum atomic E-state index is -0.616. The highest BCUT2D eigenvalue weighted by Crippen LogP contribution is 2.10. The summed E-state index contributed by atoms with van der Waals surface area (Å²) in [4.78, 5) is 33.2. The third kappa shape index (κ3) is 2.18. The second-order valence-electron chi connectivity index (χ2n) is 3.50. The molecule has 18 heavy (non-hydrogen) atoms. The number of hydrogen-bond acceptors (Lipinski definition) is 5. The number of nitrogens with one attached hydrogen (secondary N) is 1. The summed E-state index contributed by atoms with van der Waals surface area (Å²) in [5.74, 6) is -0.616. The lowest BCUT2D eigenvalue weighted by molar-refractivity contribution is 0.0419. The van der Waals surface area contributed by atoms with Crippen LogP contribution in [-0.2, 0) is 4.84 Å². The molecular formula is C11H11N3O3S. The number of amides is 1. The maximum absolute atomic E-state index is 12.1. The third-order valence-corrected chi connectivity index (χ3v) is 3.18. The highest BCUT2D eigenvalue weighted by molar-refractivity contribution is 7.15. The number of nitrogens with zero attached hydrogens (tertiary/aromatic N) is 2. The normalized spacial score (nSPS) is 10.5. The molecule has 0 saturated carbocycles. The predicted molar refractivity (Wildman–Crippen MR) is 67.7 cm³/mol. The largest absolute Gasteiger partial charge is 0.282 e. The minimum Gasteiger partial charge on any atom is -0.269 e. The summed E-state index contributed by atoms with van der Waals surface area (Å²) in [5, 5.41) is 1.81. The molecule has 0 spiro atoms. The molecule has 7 heteroatoms. The summed E-state index contributed by atoms with van der Waals surface area (Å²) in [6, 6.07) is 0. The van der Waals surface area contributed by atoms with E-state index >= 15 is 0 Å². The van der Waals surface area contributed by atoms with Crippen molar-refractivity contribution in [1.29, 1.82) is 0 Å². The Morgan fingerprint density at radius 3 is 3.22 bits per heavy atom. The Balaban J connectivity index is 2.36. The Morgan fingerprint density at radius 1 is 1.72 bits per heavy atom. The molecule has 6 nitrogen and oxygen atoms in total. The van der Waals surface area contributed by atoms with E-state index in [0.717, 1.165) is 5.69 Å². The van der Waals surface area contributed by atoms with Gasteiger partial charge < -0.3 is 0 Å². The van der Waals surface area contributed by atoms with Crippen LogP contribution in [0.15, 0.2) is 29.0 Å². The Kier molecular flexibility index (Phi) is 3.54. The van der Waals surface area contributed by atoms with Crippen molar-refractivity contribution < 1.29 is 9.63 Å². The van der Waals surface area contributed by atoms with Gasteiger partial charge in [-0.2, -0.15) is 0 Å². The van der Waals surface area contributed by atoms with Crippen LogP contribution in [0.1, 0.15) is 16.1 Å². The predicted octanol–water partition coefficient (Wildman–Crippen LogP) is 0.912. The zero-order valence-electron chi connectivity index (χ0n) is 9.67. The molecule has 0 atom stereocenters. The van der Waals surface area contributed by atoms with E-state index in [4.69, 9.17) is 4.84 Å². The fourth-order valence-electron chi connectivity index (χ4n) is 1.40. The van der Waals surface area contributed by atoms with Crippen LogP contribution in [0.2, 0.25) is 0 Å². The lowest BCUT2D eigenvalue weighted by atomic mass is 10.3. The first-order chi connectivity index (χ1) is 8.65. The van der Waals surface area contributed by atoms with Gasteiger partial charge in [-0.1, -0.05) is 6.08 Å². The van der Waals surface area contributed by atoms with E-state index in [1.807, 2.05) is 0 Å². The highest BCUT2D eigenvalue weighted by atomic mass is 32.1. The van der Waals surface area contributed by atoms with Crippen molar-refractivity contribution in [1.82, 2.24) is 14.9 Å². The molecule has 2 rings (SSSR count). The first kappa shape index (κ1) is 12.5. The molecule has 0 saturated heterocycles. The number of carbonyl (C=O) groups excluding carboxylic acids is 1. The maximum Gasteiger partial charge on any atom is 0.282 e. The number of fused-ring (bicyclic) bond motifs is 1. The Hall–Kier alpha value is -1.99. The van der Waals surface area contributed by atoms with Gasteiger partial charge in [0.2, 0.25) is 0 Å². The Labute approximate surface area is 106 Å². The van der Waals surface area contributed by atoms with E-state index in [1.165, 1.54) is 28.0 Å². The van der Waals surface area contributed by atoms with Crippen LogP contribution < -0.4 is 11.0 Å². The first-order valence-electron chi connectivity index (χ1n) is 5.14. The molecule has 94 valence electrons. The van der Waals surface area contributed by atoms with Crippen LogP contribution in [0.25, 0.3) is 4.96 Å². The molecule has 2 aromatic rings. The molecule has 0 radical (unpaired) electrons. The molecule has 0 aliphatic rings. The van der Waals surface area contributed by atoms with E-state index in [1.54, 1.807) is 12.3 Å². The van der Waals surface area contributed by atoms with Crippen LogP contribution >= 0.6 is 11.3 Å². The number of aromatic nitrogens is 2. The van der Waals surface area contributed by atoms with Gasteiger partial charge in [-0.25, -0.2) is 10.5 Å². The van der Waals surface area contributed by atoms with Gasteiger partial charge in [0.05, 0.1) is 6.61 Å². The van der Waals surface area contributed by atoms with Gasteiger partial charge in [-0.15, -0.1) is 17.9 Å². The van der Waals surface area contributed by atoms with Gasteiger partial charge >= 0.3 is 0 Å². The van der Waals surface area contributed by atoms with E-state index in [-0.39, 0.29) is 12.2 Å². The topological polar surface area (TPSA) is 72.7 Å². The number of hydroxylamine groups is 1. The number of thiazole rings is 1. The van der Waals surface area contributed by atoms with Crippen LogP contribution in [0.3, 0.4) is 0 Å². The zero-order valence-corrected chi connectivity index (χ0v) is 10.5. The van der Waals surface area contributed by atoms with E-state index in [9.17, 15) is 9.59 Å². The van der Waals surface area contributed by atoms with Crippen LogP contribution in [-0.4, -0.2) is 21.9 Å². The number of aryl methyl sites for hydroxylation is 1. The average Bonchev–Trinajstić information content (AvgIpc) is 2.72. The molecule has 0 aromatic carbocycles. The van der Waals surface area contributed by atoms with Gasteiger partial charge in [0, 0.05) is 17.3 Å². The minimum absolute atomic E-state index is 0.0573. The van der Waals surface area contributed by atoms with Crippen molar-refractivity contribution in [2.75, 3.05) is 6.61 Å². The summed E-state index contributed by atoms with van der Waals surface area (Å²) in [6.07, 6.45) is 2.73. The second-order valence-corrected chi connectivity index (χ2v) is 4.34. The lowest BCUT2D eigenvalue weighted by Gasteiger charge is -2.03. The molecule has 0 aliphatic carbocycles. The maximum atomic E-state index is 12.1. The summed E-state index contributed by atoms with van der Waals surface area (Å²) in [5.41, 5.74) is 2.44. The molecule has 0 aliphatic heterocycles. The zero-order chi connectivity index (χ0) is 13.1. The Morgan fingerprint density at radius 2 is 2.50 bits per heavy atom. The molecule has 2 heterocycles. The van der Waals surface area contributed by atoms with Gasteiger partial charge in [-0.3, -0.25) is 18.8 Å². The van der Waals surface area contributed by atoms with E-state index in [2.05, 4.69) is 17.0 Å². The fraction of sp³-hybridized carbons (Fsp3) is 0.182. The van der Waals surface area contributed by atoms with Crippen molar-refractivity contribution in [3.8, 4) is 0 Å². The summed E-state index contributed by atoms with van der Waals surface area (Å²) in [6.45, 7) is 5.39. The fourth-order valence-corrected chi connectivity index (χ4v) is 2.23. The number of hydrogen-bond donors (Lipinski definition) is 1. The Bertz CT molecular complexity index is 659. The smallest absolute Gasteiger partial charge is 0.269 e. The number of rotatable bonds is 4. The highest BCUT2D eigenvalue weighted by Gasteiger charge is 2.14. The van der Waals surface area contributed by atoms with Gasteiger partial charge in [0.1, 0.15) is 5.56 Å². The molecule has 0 unspecified atom stereocenters. The molecule has 0 fully saturated rings. The van der Waals surface area contributed by atoms with Crippen molar-refractivity contribution in [2.24, 2.45) is 0 Å². The van der Waals surface area contributed by atoms with Crippen LogP contribution in [0, 0.1) is 6.92 Å². The van der Waals surface area contributed by atoms with Crippen LogP contribution in [0.4, 0.5) is 0 Å². The monoisotopic (exact) mass is 265 g/mol. The summed E-state index contributed by atoms with van der Waals surface area (Å²) >= 11 is 1.35. The first-order valence-corrected chi connectivity index (χ1v) is 6.02. The van der Waals surface area contributed by atoms with Crippen molar-refractivity contribution >= 4 is 22.2 Å². The second kappa shape index (κ2) is 5.11. The van der Waals surface area contributed by atoms with Gasteiger partial charge in [0.15, 0.2) is 4.96 Å². The summed E-state index contributed by atoms with van der Waals surface area (Å²) in [7, 11) is 0.